The molecule has 24 heavy (non-hydrogen) atoms. The minimum Gasteiger partial charge on any atom is -0.368 e. The van der Waals surface area contributed by atoms with Crippen molar-refractivity contribution < 1.29 is 9.18 Å². The Morgan fingerprint density at radius 3 is 2.33 bits per heavy atom. The van der Waals surface area contributed by atoms with E-state index in [9.17, 15) is 9.18 Å². The van der Waals surface area contributed by atoms with Crippen LogP contribution in [0.2, 0.25) is 0 Å². The van der Waals surface area contributed by atoms with Crippen molar-refractivity contribution in [2.24, 2.45) is 0 Å². The number of halogens is 1. The molecule has 1 aliphatic heterocycles. The smallest absolute Gasteiger partial charge is 0.223 e. The fourth-order valence-corrected chi connectivity index (χ4v) is 3.07. The van der Waals surface area contributed by atoms with E-state index >= 15 is 0 Å². The van der Waals surface area contributed by atoms with E-state index in [1.807, 2.05) is 17.0 Å². The van der Waals surface area contributed by atoms with E-state index < -0.39 is 0 Å². The number of aromatic nitrogens is 1. The van der Waals surface area contributed by atoms with E-state index in [0.717, 1.165) is 24.3 Å². The summed E-state index contributed by atoms with van der Waals surface area (Å²) in [4.78, 5) is 20.6. The number of nitrogens with zero attached hydrogens (tertiary/aromatic N) is 3. The molecule has 1 atom stereocenters. The first-order valence-electron chi connectivity index (χ1n) is 8.31. The van der Waals surface area contributed by atoms with Gasteiger partial charge >= 0.3 is 0 Å². The topological polar surface area (TPSA) is 36.4 Å². The summed E-state index contributed by atoms with van der Waals surface area (Å²) in [5, 5.41) is 0. The molecule has 0 aliphatic carbocycles. The fraction of sp³-hybridized carbons (Fsp3) is 0.368. The largest absolute Gasteiger partial charge is 0.368 e. The first-order valence-corrected chi connectivity index (χ1v) is 8.31. The van der Waals surface area contributed by atoms with Crippen molar-refractivity contribution in [3.05, 3.63) is 60.2 Å². The normalized spacial score (nSPS) is 16.1. The summed E-state index contributed by atoms with van der Waals surface area (Å²) in [6.45, 7) is 5.04. The van der Waals surface area contributed by atoms with Gasteiger partial charge in [0.2, 0.25) is 5.91 Å². The SMILES string of the molecule is C[C@H](CC(=O)N1CCN(c2ccc(F)cc2)CC1)c1ccncc1. The van der Waals surface area contributed by atoms with Crippen molar-refractivity contribution in [2.45, 2.75) is 19.3 Å². The van der Waals surface area contributed by atoms with Crippen molar-refractivity contribution in [3.8, 4) is 0 Å². The lowest BCUT2D eigenvalue weighted by atomic mass is 9.98. The standard InChI is InChI=1S/C19H22FN3O/c1-15(16-6-8-21-9-7-16)14-19(24)23-12-10-22(11-13-23)18-4-2-17(20)3-5-18/h2-9,15H,10-14H2,1H3/t15-/m1/s1. The number of carbonyl (C=O) groups excluding carboxylic acids is 1. The zero-order valence-corrected chi connectivity index (χ0v) is 13.9. The number of hydrogen-bond acceptors (Lipinski definition) is 3. The highest BCUT2D eigenvalue weighted by Gasteiger charge is 2.23. The van der Waals surface area contributed by atoms with Crippen LogP contribution in [-0.2, 0) is 4.79 Å². The second kappa shape index (κ2) is 7.43. The van der Waals surface area contributed by atoms with Gasteiger partial charge in [-0.05, 0) is 47.9 Å². The molecule has 1 fully saturated rings. The molecule has 4 nitrogen and oxygen atoms in total. The van der Waals surface area contributed by atoms with Crippen LogP contribution in [0.1, 0.15) is 24.8 Å². The molecule has 1 aromatic heterocycles. The average Bonchev–Trinajstić information content (AvgIpc) is 2.63. The van der Waals surface area contributed by atoms with E-state index in [-0.39, 0.29) is 17.6 Å². The Bertz CT molecular complexity index is 667. The van der Waals surface area contributed by atoms with Crippen LogP contribution in [0.4, 0.5) is 10.1 Å². The van der Waals surface area contributed by atoms with E-state index in [1.165, 1.54) is 12.1 Å². The minimum absolute atomic E-state index is 0.190. The Morgan fingerprint density at radius 1 is 1.08 bits per heavy atom. The molecule has 0 N–H and O–H groups in total. The molecule has 0 saturated carbocycles. The van der Waals surface area contributed by atoms with E-state index in [2.05, 4.69) is 16.8 Å². The number of anilines is 1. The van der Waals surface area contributed by atoms with Crippen molar-refractivity contribution in [3.63, 3.8) is 0 Å². The molecule has 2 heterocycles. The lowest BCUT2D eigenvalue weighted by Crippen LogP contribution is -2.49. The Balaban J connectivity index is 1.52. The number of piperazine rings is 1. The van der Waals surface area contributed by atoms with Gasteiger partial charge in [-0.25, -0.2) is 4.39 Å². The molecule has 1 amide bonds. The number of amides is 1. The third kappa shape index (κ3) is 3.91. The second-order valence-electron chi connectivity index (χ2n) is 6.23. The van der Waals surface area contributed by atoms with Crippen LogP contribution < -0.4 is 4.90 Å². The van der Waals surface area contributed by atoms with Crippen LogP contribution in [0.15, 0.2) is 48.8 Å². The summed E-state index contributed by atoms with van der Waals surface area (Å²) in [6, 6.07) is 10.5. The van der Waals surface area contributed by atoms with E-state index in [0.29, 0.717) is 19.5 Å². The zero-order valence-electron chi connectivity index (χ0n) is 13.9. The zero-order chi connectivity index (χ0) is 16.9. The summed E-state index contributed by atoms with van der Waals surface area (Å²) in [7, 11) is 0. The monoisotopic (exact) mass is 327 g/mol. The molecule has 1 aliphatic rings. The lowest BCUT2D eigenvalue weighted by molar-refractivity contribution is -0.131. The van der Waals surface area contributed by atoms with Crippen LogP contribution in [-0.4, -0.2) is 42.0 Å². The van der Waals surface area contributed by atoms with Crippen LogP contribution in [0.5, 0.6) is 0 Å². The maximum absolute atomic E-state index is 13.0. The van der Waals surface area contributed by atoms with Gasteiger partial charge in [-0.2, -0.15) is 0 Å². The van der Waals surface area contributed by atoms with Crippen molar-refractivity contribution in [1.29, 1.82) is 0 Å². The maximum atomic E-state index is 13.0. The van der Waals surface area contributed by atoms with Gasteiger partial charge in [-0.1, -0.05) is 6.92 Å². The van der Waals surface area contributed by atoms with Gasteiger partial charge in [0.25, 0.3) is 0 Å². The maximum Gasteiger partial charge on any atom is 0.223 e. The molecule has 0 radical (unpaired) electrons. The molecule has 0 bridgehead atoms. The fourth-order valence-electron chi connectivity index (χ4n) is 3.07. The van der Waals surface area contributed by atoms with Crippen LogP contribution in [0.3, 0.4) is 0 Å². The summed E-state index contributed by atoms with van der Waals surface area (Å²) in [6.07, 6.45) is 4.04. The van der Waals surface area contributed by atoms with Gasteiger partial charge in [-0.15, -0.1) is 0 Å². The van der Waals surface area contributed by atoms with Crippen molar-refractivity contribution in [1.82, 2.24) is 9.88 Å². The third-order valence-electron chi connectivity index (χ3n) is 4.58. The van der Waals surface area contributed by atoms with E-state index in [4.69, 9.17) is 0 Å². The summed E-state index contributed by atoms with van der Waals surface area (Å²) >= 11 is 0. The van der Waals surface area contributed by atoms with Gasteiger partial charge in [0.1, 0.15) is 5.82 Å². The minimum atomic E-state index is -0.224. The first kappa shape index (κ1) is 16.4. The Labute approximate surface area is 141 Å². The number of carbonyl (C=O) groups is 1. The summed E-state index contributed by atoms with van der Waals surface area (Å²) < 4.78 is 13.0. The van der Waals surface area contributed by atoms with Crippen molar-refractivity contribution >= 4 is 11.6 Å². The van der Waals surface area contributed by atoms with Gasteiger partial charge in [0.15, 0.2) is 0 Å². The quantitative estimate of drug-likeness (QED) is 0.866. The molecule has 1 saturated heterocycles. The van der Waals surface area contributed by atoms with Crippen LogP contribution in [0, 0.1) is 5.82 Å². The highest BCUT2D eigenvalue weighted by Crippen LogP contribution is 2.21. The predicted molar refractivity (Wildman–Crippen MR) is 92.5 cm³/mol. The predicted octanol–water partition coefficient (Wildman–Crippen LogP) is 3.06. The average molecular weight is 327 g/mol. The van der Waals surface area contributed by atoms with Crippen molar-refractivity contribution in [2.75, 3.05) is 31.1 Å². The molecule has 0 unspecified atom stereocenters. The second-order valence-corrected chi connectivity index (χ2v) is 6.23. The molecule has 0 spiro atoms. The molecular weight excluding hydrogens is 305 g/mol. The Morgan fingerprint density at radius 2 is 1.71 bits per heavy atom. The number of hydrogen-bond donors (Lipinski definition) is 0. The summed E-state index contributed by atoms with van der Waals surface area (Å²) in [5.41, 5.74) is 2.15. The molecule has 5 heteroatoms. The number of rotatable bonds is 4. The molecular formula is C19H22FN3O. The first-order chi connectivity index (χ1) is 11.6. The van der Waals surface area contributed by atoms with Crippen LogP contribution >= 0.6 is 0 Å². The van der Waals surface area contributed by atoms with Gasteiger partial charge in [0, 0.05) is 50.7 Å². The number of pyridine rings is 1. The summed E-state index contributed by atoms with van der Waals surface area (Å²) in [5.74, 6) is 0.159. The molecule has 1 aromatic carbocycles. The van der Waals surface area contributed by atoms with Crippen LogP contribution in [0.25, 0.3) is 0 Å². The highest BCUT2D eigenvalue weighted by atomic mass is 19.1. The van der Waals surface area contributed by atoms with E-state index in [1.54, 1.807) is 24.5 Å². The highest BCUT2D eigenvalue weighted by molar-refractivity contribution is 5.77. The lowest BCUT2D eigenvalue weighted by Gasteiger charge is -2.36. The Hall–Kier alpha value is -2.43. The van der Waals surface area contributed by atoms with Gasteiger partial charge in [-0.3, -0.25) is 9.78 Å². The Kier molecular flexibility index (Phi) is 5.08. The molecule has 3 rings (SSSR count). The van der Waals surface area contributed by atoms with Gasteiger partial charge in [0.05, 0.1) is 0 Å². The molecule has 2 aromatic rings. The van der Waals surface area contributed by atoms with Gasteiger partial charge < -0.3 is 9.80 Å². The third-order valence-corrected chi connectivity index (χ3v) is 4.58. The molecule has 126 valence electrons. The number of benzene rings is 1.